The Morgan fingerprint density at radius 3 is 2.71 bits per heavy atom. The molecule has 0 saturated heterocycles. The molecule has 0 aliphatic rings. The summed E-state index contributed by atoms with van der Waals surface area (Å²) < 4.78 is 2.02. The molecule has 0 aliphatic carbocycles. The van der Waals surface area contributed by atoms with E-state index in [1.54, 1.807) is 0 Å². The third-order valence-electron chi connectivity index (χ3n) is 2.39. The van der Waals surface area contributed by atoms with Crippen molar-refractivity contribution in [1.82, 2.24) is 14.7 Å². The van der Waals surface area contributed by atoms with Crippen LogP contribution < -0.4 is 5.73 Å². The van der Waals surface area contributed by atoms with Crippen molar-refractivity contribution < 1.29 is 0 Å². The van der Waals surface area contributed by atoms with Gasteiger partial charge in [0.1, 0.15) is 0 Å². The van der Waals surface area contributed by atoms with Crippen molar-refractivity contribution in [3.8, 4) is 0 Å². The second-order valence-corrected chi connectivity index (χ2v) is 3.48. The van der Waals surface area contributed by atoms with E-state index in [0.717, 1.165) is 25.3 Å². The highest BCUT2D eigenvalue weighted by molar-refractivity contribution is 5.10. The maximum atomic E-state index is 5.56. The van der Waals surface area contributed by atoms with Crippen LogP contribution in [0.25, 0.3) is 0 Å². The topological polar surface area (TPSA) is 47.1 Å². The second-order valence-electron chi connectivity index (χ2n) is 3.48. The van der Waals surface area contributed by atoms with Crippen LogP contribution in [0, 0.1) is 0 Å². The minimum Gasteiger partial charge on any atom is -0.325 e. The average Bonchev–Trinajstić information content (AvgIpc) is 2.60. The van der Waals surface area contributed by atoms with Crippen molar-refractivity contribution in [1.29, 1.82) is 0 Å². The first-order valence-corrected chi connectivity index (χ1v) is 5.15. The molecule has 0 amide bonds. The highest BCUT2D eigenvalue weighted by Gasteiger charge is 2.06. The van der Waals surface area contributed by atoms with E-state index < -0.39 is 0 Å². The minimum absolute atomic E-state index is 0.524. The zero-order valence-electron chi connectivity index (χ0n) is 9.32. The largest absolute Gasteiger partial charge is 0.325 e. The van der Waals surface area contributed by atoms with E-state index >= 15 is 0 Å². The molecule has 4 nitrogen and oxygen atoms in total. The Kier molecular flexibility index (Phi) is 4.10. The first-order chi connectivity index (χ1) is 6.71. The molecule has 1 heterocycles. The molecule has 0 aliphatic heterocycles. The van der Waals surface area contributed by atoms with Crippen LogP contribution in [0.3, 0.4) is 0 Å². The van der Waals surface area contributed by atoms with Crippen molar-refractivity contribution in [3.63, 3.8) is 0 Å². The number of hydrogen-bond donors (Lipinski definition) is 1. The van der Waals surface area contributed by atoms with Crippen molar-refractivity contribution in [2.24, 2.45) is 5.73 Å². The maximum Gasteiger partial charge on any atom is 0.0763 e. The Bertz CT molecular complexity index is 280. The fraction of sp³-hybridized carbons (Fsp3) is 0.700. The summed E-state index contributed by atoms with van der Waals surface area (Å²) in [6.45, 7) is 7.67. The van der Waals surface area contributed by atoms with Gasteiger partial charge in [0.25, 0.3) is 0 Å². The summed E-state index contributed by atoms with van der Waals surface area (Å²) >= 11 is 0. The van der Waals surface area contributed by atoms with Gasteiger partial charge < -0.3 is 10.6 Å². The van der Waals surface area contributed by atoms with E-state index in [-0.39, 0.29) is 0 Å². The molecule has 80 valence electrons. The highest BCUT2D eigenvalue weighted by atomic mass is 15.3. The lowest BCUT2D eigenvalue weighted by Crippen LogP contribution is -2.19. The number of aryl methyl sites for hydroxylation is 1. The Labute approximate surface area is 85.7 Å². The highest BCUT2D eigenvalue weighted by Crippen LogP contribution is 2.06. The molecule has 1 rings (SSSR count). The molecular weight excluding hydrogens is 176 g/mol. The van der Waals surface area contributed by atoms with Gasteiger partial charge in [-0.1, -0.05) is 6.92 Å². The number of aromatic nitrogens is 2. The summed E-state index contributed by atoms with van der Waals surface area (Å²) in [5.74, 6) is 0. The quantitative estimate of drug-likeness (QED) is 0.758. The molecule has 0 atom stereocenters. The van der Waals surface area contributed by atoms with Crippen molar-refractivity contribution in [3.05, 3.63) is 17.5 Å². The Balaban J connectivity index is 2.78. The molecule has 1 aromatic rings. The molecule has 0 radical (unpaired) electrons. The molecule has 0 fully saturated rings. The normalized spacial score (nSPS) is 11.2. The van der Waals surface area contributed by atoms with Gasteiger partial charge in [0.15, 0.2) is 0 Å². The van der Waals surface area contributed by atoms with Crippen LogP contribution in [0.2, 0.25) is 0 Å². The number of nitrogens with zero attached hydrogens (tertiary/aromatic N) is 3. The zero-order chi connectivity index (χ0) is 10.6. The molecule has 0 unspecified atom stereocenters. The zero-order valence-corrected chi connectivity index (χ0v) is 9.32. The summed E-state index contributed by atoms with van der Waals surface area (Å²) in [4.78, 5) is 2.25. The van der Waals surface area contributed by atoms with Gasteiger partial charge >= 0.3 is 0 Å². The molecule has 0 bridgehead atoms. The number of rotatable bonds is 5. The van der Waals surface area contributed by atoms with E-state index in [2.05, 4.69) is 37.0 Å². The monoisotopic (exact) mass is 196 g/mol. The van der Waals surface area contributed by atoms with Gasteiger partial charge in [0.05, 0.1) is 11.4 Å². The first-order valence-electron chi connectivity index (χ1n) is 5.15. The van der Waals surface area contributed by atoms with Crippen LogP contribution in [-0.4, -0.2) is 28.3 Å². The minimum atomic E-state index is 0.524. The van der Waals surface area contributed by atoms with Crippen LogP contribution in [0.4, 0.5) is 0 Å². The standard InChI is InChI=1S/C10H20N4/c1-4-13(3)8-10-6-9(7-11)12-14(10)5-2/h6H,4-5,7-8,11H2,1-3H3. The van der Waals surface area contributed by atoms with E-state index in [1.165, 1.54) is 5.69 Å². The second kappa shape index (κ2) is 5.12. The lowest BCUT2D eigenvalue weighted by Gasteiger charge is -2.14. The Hall–Kier alpha value is -0.870. The fourth-order valence-electron chi connectivity index (χ4n) is 1.40. The van der Waals surface area contributed by atoms with Gasteiger partial charge in [-0.25, -0.2) is 0 Å². The molecule has 0 saturated carbocycles. The van der Waals surface area contributed by atoms with Gasteiger partial charge in [0.2, 0.25) is 0 Å². The molecule has 1 aromatic heterocycles. The summed E-state index contributed by atoms with van der Waals surface area (Å²) in [5.41, 5.74) is 7.79. The van der Waals surface area contributed by atoms with E-state index in [0.29, 0.717) is 6.54 Å². The van der Waals surface area contributed by atoms with Gasteiger partial charge in [-0.05, 0) is 26.6 Å². The Morgan fingerprint density at radius 1 is 1.50 bits per heavy atom. The van der Waals surface area contributed by atoms with Crippen molar-refractivity contribution in [2.75, 3.05) is 13.6 Å². The van der Waals surface area contributed by atoms with Crippen LogP contribution in [0.1, 0.15) is 25.2 Å². The summed E-state index contributed by atoms with van der Waals surface area (Å²) in [6, 6.07) is 2.09. The average molecular weight is 196 g/mol. The van der Waals surface area contributed by atoms with E-state index in [9.17, 15) is 0 Å². The predicted molar refractivity (Wildman–Crippen MR) is 57.8 cm³/mol. The summed E-state index contributed by atoms with van der Waals surface area (Å²) in [5, 5.41) is 4.40. The lowest BCUT2D eigenvalue weighted by molar-refractivity contribution is 0.332. The first kappa shape index (κ1) is 11.2. The van der Waals surface area contributed by atoms with Crippen LogP contribution in [-0.2, 0) is 19.6 Å². The summed E-state index contributed by atoms with van der Waals surface area (Å²) in [7, 11) is 2.11. The third kappa shape index (κ3) is 2.56. The van der Waals surface area contributed by atoms with Crippen LogP contribution in [0.5, 0.6) is 0 Å². The predicted octanol–water partition coefficient (Wildman–Crippen LogP) is 0.813. The third-order valence-corrected chi connectivity index (χ3v) is 2.39. The molecule has 0 spiro atoms. The number of nitrogens with two attached hydrogens (primary N) is 1. The SMILES string of the molecule is CCN(C)Cc1cc(CN)nn1CC. The van der Waals surface area contributed by atoms with Gasteiger partial charge in [-0.3, -0.25) is 4.68 Å². The van der Waals surface area contributed by atoms with Crippen molar-refractivity contribution in [2.45, 2.75) is 33.5 Å². The number of hydrogen-bond acceptors (Lipinski definition) is 3. The molecule has 0 aromatic carbocycles. The van der Waals surface area contributed by atoms with Crippen LogP contribution >= 0.6 is 0 Å². The van der Waals surface area contributed by atoms with E-state index in [4.69, 9.17) is 5.73 Å². The fourth-order valence-corrected chi connectivity index (χ4v) is 1.40. The molecule has 4 heteroatoms. The Morgan fingerprint density at radius 2 is 2.21 bits per heavy atom. The van der Waals surface area contributed by atoms with Crippen LogP contribution in [0.15, 0.2) is 6.07 Å². The molecule has 14 heavy (non-hydrogen) atoms. The van der Waals surface area contributed by atoms with E-state index in [1.807, 2.05) is 4.68 Å². The van der Waals surface area contributed by atoms with Gasteiger partial charge in [0, 0.05) is 19.6 Å². The lowest BCUT2D eigenvalue weighted by atomic mass is 10.3. The molecule has 2 N–H and O–H groups in total. The van der Waals surface area contributed by atoms with Gasteiger partial charge in [-0.2, -0.15) is 5.10 Å². The maximum absolute atomic E-state index is 5.56. The smallest absolute Gasteiger partial charge is 0.0763 e. The molecular formula is C10H20N4. The van der Waals surface area contributed by atoms with Gasteiger partial charge in [-0.15, -0.1) is 0 Å². The summed E-state index contributed by atoms with van der Waals surface area (Å²) in [6.07, 6.45) is 0. The van der Waals surface area contributed by atoms with Crippen molar-refractivity contribution >= 4 is 0 Å².